The van der Waals surface area contributed by atoms with Crippen LogP contribution in [0.25, 0.3) is 0 Å². The molecule has 2 unspecified atom stereocenters. The van der Waals surface area contributed by atoms with Crippen LogP contribution in [-0.2, 0) is 4.79 Å². The SMILES string of the molecule is O=C(O)CCC1CCCCN1C(=O)NC1CCSC1. The average Bonchev–Trinajstić information content (AvgIpc) is 2.89. The van der Waals surface area contributed by atoms with Gasteiger partial charge in [0, 0.05) is 30.8 Å². The van der Waals surface area contributed by atoms with Crippen molar-refractivity contribution in [1.29, 1.82) is 0 Å². The fourth-order valence-electron chi connectivity index (χ4n) is 2.76. The standard InChI is InChI=1S/C13H22N2O3S/c16-12(17)5-4-11-3-1-2-7-15(11)13(18)14-10-6-8-19-9-10/h10-11H,1-9H2,(H,14,18)(H,16,17). The van der Waals surface area contributed by atoms with E-state index in [1.165, 1.54) is 0 Å². The van der Waals surface area contributed by atoms with Gasteiger partial charge in [0.05, 0.1) is 0 Å². The molecule has 0 aromatic carbocycles. The first-order valence-electron chi connectivity index (χ1n) is 7.03. The van der Waals surface area contributed by atoms with Crippen LogP contribution in [0.2, 0.25) is 0 Å². The first-order valence-corrected chi connectivity index (χ1v) is 8.19. The number of hydrogen-bond acceptors (Lipinski definition) is 3. The van der Waals surface area contributed by atoms with Crippen molar-refractivity contribution in [1.82, 2.24) is 10.2 Å². The number of nitrogens with zero attached hydrogens (tertiary/aromatic N) is 1. The van der Waals surface area contributed by atoms with Crippen molar-refractivity contribution in [2.45, 2.75) is 50.6 Å². The van der Waals surface area contributed by atoms with Crippen LogP contribution in [0.3, 0.4) is 0 Å². The van der Waals surface area contributed by atoms with Crippen LogP contribution >= 0.6 is 11.8 Å². The number of carbonyl (C=O) groups excluding carboxylic acids is 1. The molecule has 2 atom stereocenters. The lowest BCUT2D eigenvalue weighted by molar-refractivity contribution is -0.137. The smallest absolute Gasteiger partial charge is 0.317 e. The second kappa shape index (κ2) is 7.03. The lowest BCUT2D eigenvalue weighted by Gasteiger charge is -2.36. The lowest BCUT2D eigenvalue weighted by Crippen LogP contribution is -2.51. The summed E-state index contributed by atoms with van der Waals surface area (Å²) in [6.07, 6.45) is 4.81. The van der Waals surface area contributed by atoms with Gasteiger partial charge < -0.3 is 15.3 Å². The Bertz CT molecular complexity index is 332. The first kappa shape index (κ1) is 14.5. The molecule has 2 N–H and O–H groups in total. The highest BCUT2D eigenvalue weighted by molar-refractivity contribution is 7.99. The van der Waals surface area contributed by atoms with E-state index in [1.807, 2.05) is 16.7 Å². The van der Waals surface area contributed by atoms with Crippen LogP contribution < -0.4 is 5.32 Å². The van der Waals surface area contributed by atoms with E-state index in [4.69, 9.17) is 5.11 Å². The molecule has 19 heavy (non-hydrogen) atoms. The molecule has 2 amide bonds. The van der Waals surface area contributed by atoms with Gasteiger partial charge in [-0.2, -0.15) is 11.8 Å². The second-order valence-corrected chi connectivity index (χ2v) is 6.44. The molecule has 6 heteroatoms. The Hall–Kier alpha value is -0.910. The summed E-state index contributed by atoms with van der Waals surface area (Å²) in [6, 6.07) is 0.390. The topological polar surface area (TPSA) is 69.6 Å². The largest absolute Gasteiger partial charge is 0.481 e. The molecule has 0 aromatic rings. The number of rotatable bonds is 4. The molecule has 0 radical (unpaired) electrons. The highest BCUT2D eigenvalue weighted by atomic mass is 32.2. The van der Waals surface area contributed by atoms with Crippen LogP contribution in [0.1, 0.15) is 38.5 Å². The number of likely N-dealkylation sites (tertiary alicyclic amines) is 1. The molecule has 0 spiro atoms. The third kappa shape index (κ3) is 4.30. The Balaban J connectivity index is 1.86. The van der Waals surface area contributed by atoms with E-state index in [-0.39, 0.29) is 18.5 Å². The zero-order valence-corrected chi connectivity index (χ0v) is 12.0. The summed E-state index contributed by atoms with van der Waals surface area (Å²) in [5, 5.41) is 11.9. The molecule has 0 saturated carbocycles. The molecule has 2 aliphatic heterocycles. The number of carboxylic acids is 1. The van der Waals surface area contributed by atoms with Crippen LogP contribution in [0.15, 0.2) is 0 Å². The molecule has 2 saturated heterocycles. The summed E-state index contributed by atoms with van der Waals surface area (Å²) < 4.78 is 0. The van der Waals surface area contributed by atoms with Crippen LogP contribution in [0, 0.1) is 0 Å². The Morgan fingerprint density at radius 1 is 1.32 bits per heavy atom. The maximum Gasteiger partial charge on any atom is 0.317 e. The van der Waals surface area contributed by atoms with E-state index in [9.17, 15) is 9.59 Å². The van der Waals surface area contributed by atoms with Gasteiger partial charge in [0.1, 0.15) is 0 Å². The van der Waals surface area contributed by atoms with E-state index >= 15 is 0 Å². The van der Waals surface area contributed by atoms with Crippen molar-refractivity contribution in [2.75, 3.05) is 18.1 Å². The fraction of sp³-hybridized carbons (Fsp3) is 0.846. The van der Waals surface area contributed by atoms with Crippen LogP contribution in [0.5, 0.6) is 0 Å². The van der Waals surface area contributed by atoms with Gasteiger partial charge in [0.15, 0.2) is 0 Å². The maximum atomic E-state index is 12.3. The van der Waals surface area contributed by atoms with Crippen molar-refractivity contribution in [2.24, 2.45) is 0 Å². The molecular formula is C13H22N2O3S. The monoisotopic (exact) mass is 286 g/mol. The minimum absolute atomic E-state index is 0.00240. The Kier molecular flexibility index (Phi) is 5.36. The molecule has 2 aliphatic rings. The van der Waals surface area contributed by atoms with Gasteiger partial charge in [-0.25, -0.2) is 4.79 Å². The summed E-state index contributed by atoms with van der Waals surface area (Å²) >= 11 is 1.87. The number of amides is 2. The fourth-order valence-corrected chi connectivity index (χ4v) is 3.92. The van der Waals surface area contributed by atoms with Crippen molar-refractivity contribution >= 4 is 23.8 Å². The maximum absolute atomic E-state index is 12.3. The number of carboxylic acid groups (broad SMARTS) is 1. The first-order chi connectivity index (χ1) is 9.16. The average molecular weight is 286 g/mol. The molecule has 108 valence electrons. The van der Waals surface area contributed by atoms with Gasteiger partial charge in [-0.05, 0) is 37.9 Å². The predicted octanol–water partition coefficient (Wildman–Crippen LogP) is 1.92. The summed E-state index contributed by atoms with van der Waals surface area (Å²) in [7, 11) is 0. The third-order valence-corrected chi connectivity index (χ3v) is 5.00. The van der Waals surface area contributed by atoms with Gasteiger partial charge in [-0.1, -0.05) is 0 Å². The number of thioether (sulfide) groups is 1. The quantitative estimate of drug-likeness (QED) is 0.828. The van der Waals surface area contributed by atoms with Crippen LogP contribution in [-0.4, -0.2) is 52.1 Å². The zero-order chi connectivity index (χ0) is 13.7. The third-order valence-electron chi connectivity index (χ3n) is 3.84. The summed E-state index contributed by atoms with van der Waals surface area (Å²) in [5.74, 6) is 1.34. The predicted molar refractivity (Wildman–Crippen MR) is 75.5 cm³/mol. The molecular weight excluding hydrogens is 264 g/mol. The number of carbonyl (C=O) groups is 2. The normalized spacial score (nSPS) is 27.3. The Morgan fingerprint density at radius 3 is 2.84 bits per heavy atom. The van der Waals surface area contributed by atoms with E-state index in [1.54, 1.807) is 0 Å². The molecule has 2 heterocycles. The molecule has 0 aliphatic carbocycles. The van der Waals surface area contributed by atoms with E-state index in [2.05, 4.69) is 5.32 Å². The van der Waals surface area contributed by atoms with Crippen molar-refractivity contribution in [3.05, 3.63) is 0 Å². The number of aliphatic carboxylic acids is 1. The number of piperidine rings is 1. The van der Waals surface area contributed by atoms with Crippen molar-refractivity contribution in [3.63, 3.8) is 0 Å². The second-order valence-electron chi connectivity index (χ2n) is 5.29. The highest BCUT2D eigenvalue weighted by Gasteiger charge is 2.28. The summed E-state index contributed by atoms with van der Waals surface area (Å²) in [4.78, 5) is 24.8. The van der Waals surface area contributed by atoms with E-state index in [0.717, 1.165) is 43.7 Å². The van der Waals surface area contributed by atoms with E-state index in [0.29, 0.717) is 12.5 Å². The number of urea groups is 1. The Morgan fingerprint density at radius 2 is 2.16 bits per heavy atom. The highest BCUT2D eigenvalue weighted by Crippen LogP contribution is 2.22. The minimum Gasteiger partial charge on any atom is -0.481 e. The Labute approximate surface area is 118 Å². The molecule has 5 nitrogen and oxygen atoms in total. The lowest BCUT2D eigenvalue weighted by atomic mass is 9.98. The van der Waals surface area contributed by atoms with Crippen molar-refractivity contribution in [3.8, 4) is 0 Å². The molecule has 0 bridgehead atoms. The van der Waals surface area contributed by atoms with Gasteiger partial charge >= 0.3 is 12.0 Å². The number of hydrogen-bond donors (Lipinski definition) is 2. The number of nitrogens with one attached hydrogen (secondary N) is 1. The molecule has 2 fully saturated rings. The summed E-state index contributed by atoms with van der Waals surface area (Å²) in [5.41, 5.74) is 0. The van der Waals surface area contributed by atoms with Gasteiger partial charge in [0.25, 0.3) is 0 Å². The van der Waals surface area contributed by atoms with E-state index < -0.39 is 5.97 Å². The minimum atomic E-state index is -0.780. The molecule has 0 aromatic heterocycles. The molecule has 2 rings (SSSR count). The van der Waals surface area contributed by atoms with Gasteiger partial charge in [-0.15, -0.1) is 0 Å². The zero-order valence-electron chi connectivity index (χ0n) is 11.1. The van der Waals surface area contributed by atoms with Gasteiger partial charge in [0.2, 0.25) is 0 Å². The summed E-state index contributed by atoms with van der Waals surface area (Å²) in [6.45, 7) is 0.760. The van der Waals surface area contributed by atoms with Gasteiger partial charge in [-0.3, -0.25) is 4.79 Å². The van der Waals surface area contributed by atoms with Crippen molar-refractivity contribution < 1.29 is 14.7 Å². The van der Waals surface area contributed by atoms with Crippen LogP contribution in [0.4, 0.5) is 4.79 Å².